The highest BCUT2D eigenvalue weighted by molar-refractivity contribution is 5.76. The first-order chi connectivity index (χ1) is 8.16. The van der Waals surface area contributed by atoms with Crippen LogP contribution in [0.4, 0.5) is 0 Å². The number of amides is 1. The Morgan fingerprint density at radius 2 is 2.18 bits per heavy atom. The Bertz CT molecular complexity index is 267. The van der Waals surface area contributed by atoms with Crippen LogP contribution in [0.1, 0.15) is 39.5 Å². The van der Waals surface area contributed by atoms with Gasteiger partial charge in [-0.25, -0.2) is 0 Å². The molecule has 0 aromatic carbocycles. The molecule has 4 heteroatoms. The van der Waals surface area contributed by atoms with Crippen molar-refractivity contribution in [1.29, 1.82) is 0 Å². The van der Waals surface area contributed by atoms with Crippen molar-refractivity contribution in [2.45, 2.75) is 57.7 Å². The van der Waals surface area contributed by atoms with Crippen LogP contribution in [0.15, 0.2) is 0 Å². The third-order valence-corrected chi connectivity index (χ3v) is 3.81. The largest absolute Gasteiger partial charge is 0.354 e. The van der Waals surface area contributed by atoms with Gasteiger partial charge in [0.05, 0.1) is 0 Å². The molecule has 2 aliphatic heterocycles. The fourth-order valence-corrected chi connectivity index (χ4v) is 3.09. The number of hydrogen-bond donors (Lipinski definition) is 2. The summed E-state index contributed by atoms with van der Waals surface area (Å²) in [6.45, 7) is 7.32. The molecular formula is C13H25N3O. The first-order valence-electron chi connectivity index (χ1n) is 6.93. The standard InChI is InChI=1S/C13H25N3O/c1-10(2)15-13(17)5-7-14-11-6-9-16-8-3-4-12(11)16/h10-12,14H,3-9H2,1-2H3,(H,15,17). The molecule has 1 amide bonds. The van der Waals surface area contributed by atoms with Gasteiger partial charge in [0, 0.05) is 37.6 Å². The summed E-state index contributed by atoms with van der Waals surface area (Å²) in [5, 5.41) is 6.48. The number of hydrogen-bond acceptors (Lipinski definition) is 3. The smallest absolute Gasteiger partial charge is 0.221 e. The van der Waals surface area contributed by atoms with Crippen LogP contribution in [0.2, 0.25) is 0 Å². The Labute approximate surface area is 104 Å². The topological polar surface area (TPSA) is 44.4 Å². The summed E-state index contributed by atoms with van der Waals surface area (Å²) in [5.41, 5.74) is 0. The third kappa shape index (κ3) is 3.42. The molecule has 2 aliphatic rings. The van der Waals surface area contributed by atoms with Crippen LogP contribution in [0.3, 0.4) is 0 Å². The molecule has 0 aliphatic carbocycles. The van der Waals surface area contributed by atoms with Gasteiger partial charge in [-0.2, -0.15) is 0 Å². The van der Waals surface area contributed by atoms with Crippen LogP contribution >= 0.6 is 0 Å². The molecule has 0 bridgehead atoms. The van der Waals surface area contributed by atoms with Crippen molar-refractivity contribution in [1.82, 2.24) is 15.5 Å². The minimum atomic E-state index is 0.161. The van der Waals surface area contributed by atoms with E-state index in [0.717, 1.165) is 12.6 Å². The van der Waals surface area contributed by atoms with Crippen molar-refractivity contribution in [3.8, 4) is 0 Å². The molecular weight excluding hydrogens is 214 g/mol. The van der Waals surface area contributed by atoms with Crippen LogP contribution < -0.4 is 10.6 Å². The molecule has 0 saturated carbocycles. The molecule has 0 radical (unpaired) electrons. The summed E-state index contributed by atoms with van der Waals surface area (Å²) in [7, 11) is 0. The molecule has 2 N–H and O–H groups in total. The van der Waals surface area contributed by atoms with E-state index in [2.05, 4.69) is 15.5 Å². The van der Waals surface area contributed by atoms with E-state index in [1.807, 2.05) is 13.8 Å². The summed E-state index contributed by atoms with van der Waals surface area (Å²) < 4.78 is 0. The van der Waals surface area contributed by atoms with Crippen molar-refractivity contribution >= 4 is 5.91 Å². The van der Waals surface area contributed by atoms with Crippen molar-refractivity contribution in [3.05, 3.63) is 0 Å². The van der Waals surface area contributed by atoms with Crippen LogP contribution in [0, 0.1) is 0 Å². The van der Waals surface area contributed by atoms with Gasteiger partial charge in [-0.3, -0.25) is 9.69 Å². The fraction of sp³-hybridized carbons (Fsp3) is 0.923. The highest BCUT2D eigenvalue weighted by atomic mass is 16.1. The number of nitrogens with zero attached hydrogens (tertiary/aromatic N) is 1. The molecule has 0 aromatic heterocycles. The monoisotopic (exact) mass is 239 g/mol. The Morgan fingerprint density at radius 3 is 2.94 bits per heavy atom. The predicted octanol–water partition coefficient (Wildman–Crippen LogP) is 0.727. The maximum Gasteiger partial charge on any atom is 0.221 e. The third-order valence-electron chi connectivity index (χ3n) is 3.81. The van der Waals surface area contributed by atoms with E-state index in [-0.39, 0.29) is 11.9 Å². The maximum atomic E-state index is 11.5. The minimum absolute atomic E-state index is 0.161. The van der Waals surface area contributed by atoms with Gasteiger partial charge in [0.25, 0.3) is 0 Å². The zero-order valence-electron chi connectivity index (χ0n) is 11.0. The first kappa shape index (κ1) is 12.8. The van der Waals surface area contributed by atoms with Gasteiger partial charge in [-0.15, -0.1) is 0 Å². The maximum absolute atomic E-state index is 11.5. The minimum Gasteiger partial charge on any atom is -0.354 e. The second-order valence-electron chi connectivity index (χ2n) is 5.57. The highest BCUT2D eigenvalue weighted by Crippen LogP contribution is 2.27. The Kier molecular flexibility index (Phi) is 4.40. The fourth-order valence-electron chi connectivity index (χ4n) is 3.09. The van der Waals surface area contributed by atoms with Crippen molar-refractivity contribution in [3.63, 3.8) is 0 Å². The second kappa shape index (κ2) is 5.83. The molecule has 2 saturated heterocycles. The van der Waals surface area contributed by atoms with Gasteiger partial charge < -0.3 is 10.6 Å². The van der Waals surface area contributed by atoms with Crippen LogP contribution in [0.25, 0.3) is 0 Å². The number of carbonyl (C=O) groups excluding carboxylic acids is 1. The SMILES string of the molecule is CC(C)NC(=O)CCNC1CCN2CCCC12. The molecule has 17 heavy (non-hydrogen) atoms. The predicted molar refractivity (Wildman–Crippen MR) is 68.9 cm³/mol. The highest BCUT2D eigenvalue weighted by Gasteiger charge is 2.36. The average Bonchev–Trinajstić information content (AvgIpc) is 2.80. The van der Waals surface area contributed by atoms with Gasteiger partial charge in [-0.1, -0.05) is 0 Å². The molecule has 2 atom stereocenters. The molecule has 2 fully saturated rings. The van der Waals surface area contributed by atoms with E-state index in [0.29, 0.717) is 12.5 Å². The van der Waals surface area contributed by atoms with Crippen LogP contribution in [-0.2, 0) is 4.79 Å². The number of rotatable bonds is 5. The Morgan fingerprint density at radius 1 is 1.35 bits per heavy atom. The zero-order valence-corrected chi connectivity index (χ0v) is 11.0. The molecule has 98 valence electrons. The van der Waals surface area contributed by atoms with Crippen LogP contribution in [0.5, 0.6) is 0 Å². The molecule has 2 rings (SSSR count). The molecule has 4 nitrogen and oxygen atoms in total. The summed E-state index contributed by atoms with van der Waals surface area (Å²) in [5.74, 6) is 0.161. The molecule has 0 spiro atoms. The van der Waals surface area contributed by atoms with Crippen LogP contribution in [-0.4, -0.2) is 48.6 Å². The molecule has 2 unspecified atom stereocenters. The van der Waals surface area contributed by atoms with Crippen molar-refractivity contribution < 1.29 is 4.79 Å². The van der Waals surface area contributed by atoms with Gasteiger partial charge in [0.2, 0.25) is 5.91 Å². The van der Waals surface area contributed by atoms with E-state index < -0.39 is 0 Å². The van der Waals surface area contributed by atoms with E-state index in [4.69, 9.17) is 0 Å². The lowest BCUT2D eigenvalue weighted by Gasteiger charge is -2.21. The lowest BCUT2D eigenvalue weighted by Crippen LogP contribution is -2.41. The average molecular weight is 239 g/mol. The van der Waals surface area contributed by atoms with E-state index in [9.17, 15) is 4.79 Å². The summed E-state index contributed by atoms with van der Waals surface area (Å²) >= 11 is 0. The Balaban J connectivity index is 1.64. The number of fused-ring (bicyclic) bond motifs is 1. The quantitative estimate of drug-likeness (QED) is 0.743. The van der Waals surface area contributed by atoms with Crippen molar-refractivity contribution in [2.24, 2.45) is 0 Å². The lowest BCUT2D eigenvalue weighted by molar-refractivity contribution is -0.121. The normalized spacial score (nSPS) is 28.6. The summed E-state index contributed by atoms with van der Waals surface area (Å²) in [6, 6.07) is 1.60. The van der Waals surface area contributed by atoms with Crippen molar-refractivity contribution in [2.75, 3.05) is 19.6 Å². The summed E-state index contributed by atoms with van der Waals surface area (Å²) in [6.07, 6.45) is 4.52. The Hall–Kier alpha value is -0.610. The van der Waals surface area contributed by atoms with Gasteiger partial charge in [-0.05, 0) is 39.7 Å². The number of carbonyl (C=O) groups is 1. The lowest BCUT2D eigenvalue weighted by atomic mass is 10.1. The van der Waals surface area contributed by atoms with Gasteiger partial charge in [0.15, 0.2) is 0 Å². The molecule has 2 heterocycles. The molecule has 0 aromatic rings. The van der Waals surface area contributed by atoms with E-state index in [1.165, 1.54) is 32.4 Å². The zero-order chi connectivity index (χ0) is 12.3. The van der Waals surface area contributed by atoms with E-state index >= 15 is 0 Å². The van der Waals surface area contributed by atoms with Gasteiger partial charge >= 0.3 is 0 Å². The second-order valence-corrected chi connectivity index (χ2v) is 5.57. The summed E-state index contributed by atoms with van der Waals surface area (Å²) in [4.78, 5) is 14.1. The van der Waals surface area contributed by atoms with Gasteiger partial charge in [0.1, 0.15) is 0 Å². The van der Waals surface area contributed by atoms with E-state index in [1.54, 1.807) is 0 Å². The first-order valence-corrected chi connectivity index (χ1v) is 6.93. The number of nitrogens with one attached hydrogen (secondary N) is 2.